The van der Waals surface area contributed by atoms with Crippen LogP contribution >= 0.6 is 22.6 Å². The maximum Gasteiger partial charge on any atom is 0.0922 e. The molecule has 1 atom stereocenters. The molecule has 0 amide bonds. The molecule has 11 heavy (non-hydrogen) atoms. The molecule has 0 aliphatic carbocycles. The molecule has 0 aromatic heterocycles. The Morgan fingerprint density at radius 2 is 2.27 bits per heavy atom. The minimum absolute atomic E-state index is 0.162. The van der Waals surface area contributed by atoms with Crippen LogP contribution in [0.15, 0.2) is 9.66 Å². The predicted octanol–water partition coefficient (Wildman–Crippen LogP) is 4.10. The van der Waals surface area contributed by atoms with E-state index in [4.69, 9.17) is 0 Å². The lowest BCUT2D eigenvalue weighted by molar-refractivity contribution is 0.337. The third-order valence-corrected chi connectivity index (χ3v) is 2.24. The zero-order valence-corrected chi connectivity index (χ0v) is 9.40. The molecule has 0 heterocycles. The van der Waals surface area contributed by atoms with Crippen LogP contribution < -0.4 is 0 Å². The van der Waals surface area contributed by atoms with Crippen molar-refractivity contribution in [3.05, 3.63) is 9.66 Å². The summed E-state index contributed by atoms with van der Waals surface area (Å²) < 4.78 is 13.5. The Labute approximate surface area is 82.4 Å². The van der Waals surface area contributed by atoms with Gasteiger partial charge in [-0.2, -0.15) is 0 Å². The number of alkyl halides is 1. The van der Waals surface area contributed by atoms with Gasteiger partial charge in [-0.25, -0.2) is 0 Å². The van der Waals surface area contributed by atoms with Crippen molar-refractivity contribution in [1.82, 2.24) is 0 Å². The SMILES string of the molecule is CC[C@@H](CF)CC/C=C(\C)I. The van der Waals surface area contributed by atoms with Gasteiger partial charge in [0, 0.05) is 0 Å². The van der Waals surface area contributed by atoms with Crippen LogP contribution in [0, 0.1) is 5.92 Å². The number of halogens is 2. The van der Waals surface area contributed by atoms with E-state index >= 15 is 0 Å². The first-order valence-corrected chi connectivity index (χ1v) is 5.16. The highest BCUT2D eigenvalue weighted by Gasteiger charge is 2.02. The molecular formula is C9H16FI. The molecular weight excluding hydrogens is 254 g/mol. The average molecular weight is 270 g/mol. The molecule has 0 N–H and O–H groups in total. The molecule has 66 valence electrons. The zero-order chi connectivity index (χ0) is 8.69. The molecule has 0 fully saturated rings. The Morgan fingerprint density at radius 1 is 1.64 bits per heavy atom. The molecule has 0 radical (unpaired) electrons. The molecule has 0 aliphatic rings. The summed E-state index contributed by atoms with van der Waals surface area (Å²) in [5.74, 6) is 0.280. The maximum atomic E-state index is 12.2. The smallest absolute Gasteiger partial charge is 0.0922 e. The summed E-state index contributed by atoms with van der Waals surface area (Å²) in [5, 5.41) is 0. The first-order chi connectivity index (χ1) is 5.20. The van der Waals surface area contributed by atoms with Crippen molar-refractivity contribution in [1.29, 1.82) is 0 Å². The van der Waals surface area contributed by atoms with E-state index in [1.54, 1.807) is 0 Å². The molecule has 0 aromatic carbocycles. The third kappa shape index (κ3) is 6.78. The van der Waals surface area contributed by atoms with E-state index in [-0.39, 0.29) is 12.6 Å². The van der Waals surface area contributed by atoms with E-state index in [1.165, 1.54) is 3.58 Å². The van der Waals surface area contributed by atoms with Gasteiger partial charge in [-0.15, -0.1) is 0 Å². The Hall–Kier alpha value is 0.400. The molecule has 0 rings (SSSR count). The van der Waals surface area contributed by atoms with Crippen LogP contribution in [0.25, 0.3) is 0 Å². The number of allylic oxidation sites excluding steroid dienone is 2. The molecule has 0 unspecified atom stereocenters. The summed E-state index contributed by atoms with van der Waals surface area (Å²) in [7, 11) is 0. The predicted molar refractivity (Wildman–Crippen MR) is 56.8 cm³/mol. The lowest BCUT2D eigenvalue weighted by Gasteiger charge is -2.07. The van der Waals surface area contributed by atoms with Crippen LogP contribution in [0.2, 0.25) is 0 Å². The molecule has 0 aromatic rings. The second-order valence-corrected chi connectivity index (χ2v) is 4.50. The van der Waals surface area contributed by atoms with E-state index in [0.717, 1.165) is 19.3 Å². The van der Waals surface area contributed by atoms with Crippen LogP contribution in [-0.2, 0) is 0 Å². The van der Waals surface area contributed by atoms with Crippen molar-refractivity contribution in [2.45, 2.75) is 33.1 Å². The van der Waals surface area contributed by atoms with Crippen molar-refractivity contribution < 1.29 is 4.39 Å². The Kier molecular flexibility index (Phi) is 7.33. The number of hydrogen-bond acceptors (Lipinski definition) is 0. The molecule has 0 spiro atoms. The highest BCUT2D eigenvalue weighted by atomic mass is 127. The van der Waals surface area contributed by atoms with Crippen LogP contribution in [0.4, 0.5) is 4.39 Å². The third-order valence-electron chi connectivity index (χ3n) is 1.80. The van der Waals surface area contributed by atoms with Crippen LogP contribution in [0.1, 0.15) is 33.1 Å². The maximum absolute atomic E-state index is 12.2. The molecule has 2 heteroatoms. The van der Waals surface area contributed by atoms with Gasteiger partial charge in [0.2, 0.25) is 0 Å². The first kappa shape index (κ1) is 11.4. The summed E-state index contributed by atoms with van der Waals surface area (Å²) in [6.07, 6.45) is 5.15. The monoisotopic (exact) mass is 270 g/mol. The van der Waals surface area contributed by atoms with Crippen LogP contribution in [0.3, 0.4) is 0 Å². The van der Waals surface area contributed by atoms with Gasteiger partial charge in [-0.3, -0.25) is 4.39 Å². The fourth-order valence-corrected chi connectivity index (χ4v) is 1.22. The zero-order valence-electron chi connectivity index (χ0n) is 7.24. The summed E-state index contributed by atoms with van der Waals surface area (Å²) in [5.41, 5.74) is 0. The fraction of sp³-hybridized carbons (Fsp3) is 0.778. The number of hydrogen-bond donors (Lipinski definition) is 0. The summed E-state index contributed by atoms with van der Waals surface area (Å²) in [6.45, 7) is 3.95. The molecule has 0 nitrogen and oxygen atoms in total. The normalized spacial score (nSPS) is 15.1. The quantitative estimate of drug-likeness (QED) is 0.660. The highest BCUT2D eigenvalue weighted by Crippen LogP contribution is 2.14. The van der Waals surface area contributed by atoms with Crippen LogP contribution in [0.5, 0.6) is 0 Å². The van der Waals surface area contributed by atoms with Gasteiger partial charge in [-0.1, -0.05) is 19.4 Å². The lowest BCUT2D eigenvalue weighted by Crippen LogP contribution is -1.99. The van der Waals surface area contributed by atoms with Gasteiger partial charge in [-0.05, 0) is 51.9 Å². The van der Waals surface area contributed by atoms with E-state index in [0.29, 0.717) is 0 Å². The van der Waals surface area contributed by atoms with E-state index in [1.807, 2.05) is 6.92 Å². The Morgan fingerprint density at radius 3 is 2.64 bits per heavy atom. The topological polar surface area (TPSA) is 0 Å². The van der Waals surface area contributed by atoms with Gasteiger partial charge in [0.15, 0.2) is 0 Å². The van der Waals surface area contributed by atoms with Gasteiger partial charge < -0.3 is 0 Å². The second kappa shape index (κ2) is 7.07. The van der Waals surface area contributed by atoms with E-state index in [9.17, 15) is 4.39 Å². The molecule has 0 saturated carbocycles. The first-order valence-electron chi connectivity index (χ1n) is 4.09. The summed E-state index contributed by atoms with van der Waals surface area (Å²) >= 11 is 2.28. The summed E-state index contributed by atoms with van der Waals surface area (Å²) in [6, 6.07) is 0. The van der Waals surface area contributed by atoms with Crippen molar-refractivity contribution >= 4 is 22.6 Å². The van der Waals surface area contributed by atoms with Gasteiger partial charge in [0.05, 0.1) is 6.67 Å². The van der Waals surface area contributed by atoms with Crippen molar-refractivity contribution in [3.63, 3.8) is 0 Å². The Balaban J connectivity index is 3.43. The minimum Gasteiger partial charge on any atom is -0.251 e. The van der Waals surface area contributed by atoms with Gasteiger partial charge >= 0.3 is 0 Å². The minimum atomic E-state index is -0.162. The Bertz CT molecular complexity index is 113. The van der Waals surface area contributed by atoms with Crippen molar-refractivity contribution in [2.75, 3.05) is 6.67 Å². The van der Waals surface area contributed by atoms with Crippen molar-refractivity contribution in [3.8, 4) is 0 Å². The molecule has 0 aliphatic heterocycles. The average Bonchev–Trinajstić information content (AvgIpc) is 1.98. The number of rotatable bonds is 5. The highest BCUT2D eigenvalue weighted by molar-refractivity contribution is 14.1. The summed E-state index contributed by atoms with van der Waals surface area (Å²) in [4.78, 5) is 0. The largest absolute Gasteiger partial charge is 0.251 e. The standard InChI is InChI=1S/C9H16FI/c1-3-9(7-10)6-4-5-8(2)11/h5,9H,3-4,6-7H2,1-2H3/b8-5+/t9-/m1/s1. The molecule has 0 saturated heterocycles. The molecule has 0 bridgehead atoms. The second-order valence-electron chi connectivity index (χ2n) is 2.80. The van der Waals surface area contributed by atoms with Crippen LogP contribution in [-0.4, -0.2) is 6.67 Å². The fourth-order valence-electron chi connectivity index (χ4n) is 0.908. The van der Waals surface area contributed by atoms with Gasteiger partial charge in [0.25, 0.3) is 0 Å². The van der Waals surface area contributed by atoms with Crippen molar-refractivity contribution in [2.24, 2.45) is 5.92 Å². The van der Waals surface area contributed by atoms with E-state index < -0.39 is 0 Å². The van der Waals surface area contributed by atoms with E-state index in [2.05, 4.69) is 35.6 Å². The van der Waals surface area contributed by atoms with Gasteiger partial charge in [0.1, 0.15) is 0 Å². The lowest BCUT2D eigenvalue weighted by atomic mass is 10.0.